The predicted molar refractivity (Wildman–Crippen MR) is 87.5 cm³/mol. The number of carbonyl (C=O) groups excluding carboxylic acids is 1. The zero-order valence-electron chi connectivity index (χ0n) is 13.9. The Morgan fingerprint density at radius 3 is 2.59 bits per heavy atom. The Morgan fingerprint density at radius 1 is 1.32 bits per heavy atom. The minimum atomic E-state index is -0.437. The smallest absolute Gasteiger partial charge is 0.240 e. The first-order chi connectivity index (χ1) is 10.5. The normalized spacial score (nSPS) is 20.9. The Bertz CT molecular complexity index is 545. The van der Waals surface area contributed by atoms with Gasteiger partial charge in [-0.1, -0.05) is 6.07 Å². The van der Waals surface area contributed by atoms with Crippen molar-refractivity contribution < 1.29 is 4.79 Å². The zero-order chi connectivity index (χ0) is 15.7. The van der Waals surface area contributed by atoms with E-state index in [1.807, 2.05) is 39.0 Å². The lowest BCUT2D eigenvalue weighted by Gasteiger charge is -2.35. The van der Waals surface area contributed by atoms with Crippen LogP contribution in [-0.2, 0) is 4.79 Å². The van der Waals surface area contributed by atoms with E-state index in [4.69, 9.17) is 0 Å². The molecule has 120 valence electrons. The van der Waals surface area contributed by atoms with Crippen molar-refractivity contribution in [1.29, 1.82) is 0 Å². The van der Waals surface area contributed by atoms with Crippen molar-refractivity contribution in [1.82, 2.24) is 15.2 Å². The Morgan fingerprint density at radius 2 is 2.00 bits per heavy atom. The summed E-state index contributed by atoms with van der Waals surface area (Å²) in [5, 5.41) is 3.30. The molecule has 1 amide bonds. The van der Waals surface area contributed by atoms with E-state index in [0.717, 1.165) is 24.5 Å². The maximum Gasteiger partial charge on any atom is 0.240 e. The van der Waals surface area contributed by atoms with Gasteiger partial charge in [-0.3, -0.25) is 14.7 Å². The van der Waals surface area contributed by atoms with E-state index in [2.05, 4.69) is 15.2 Å². The number of rotatable bonds is 5. The van der Waals surface area contributed by atoms with E-state index in [-0.39, 0.29) is 11.9 Å². The van der Waals surface area contributed by atoms with Crippen LogP contribution >= 0.6 is 0 Å². The van der Waals surface area contributed by atoms with Gasteiger partial charge in [0.1, 0.15) is 0 Å². The predicted octanol–water partition coefficient (Wildman–Crippen LogP) is 2.83. The molecule has 2 heterocycles. The third-order valence-electron chi connectivity index (χ3n) is 5.06. The molecule has 0 radical (unpaired) electrons. The van der Waals surface area contributed by atoms with Crippen molar-refractivity contribution >= 4 is 5.91 Å². The molecule has 1 atom stereocenters. The number of aromatic nitrogens is 1. The number of nitrogens with one attached hydrogen (secondary N) is 1. The molecule has 2 fully saturated rings. The quantitative estimate of drug-likeness (QED) is 0.909. The van der Waals surface area contributed by atoms with Gasteiger partial charge in [0, 0.05) is 5.69 Å². The van der Waals surface area contributed by atoms with Gasteiger partial charge in [0.15, 0.2) is 0 Å². The van der Waals surface area contributed by atoms with Crippen molar-refractivity contribution in [3.63, 3.8) is 0 Å². The Balaban J connectivity index is 1.75. The lowest BCUT2D eigenvalue weighted by molar-refractivity contribution is -0.132. The fraction of sp³-hybridized carbons (Fsp3) is 0.667. The summed E-state index contributed by atoms with van der Waals surface area (Å²) in [6, 6.07) is 6.14. The van der Waals surface area contributed by atoms with Crippen LogP contribution < -0.4 is 5.32 Å². The first-order valence-electron chi connectivity index (χ1n) is 8.48. The molecule has 1 saturated carbocycles. The Kier molecular flexibility index (Phi) is 4.22. The highest BCUT2D eigenvalue weighted by molar-refractivity contribution is 5.85. The summed E-state index contributed by atoms with van der Waals surface area (Å²) in [5.74, 6) is 0.683. The van der Waals surface area contributed by atoms with Crippen LogP contribution in [0.5, 0.6) is 0 Å². The van der Waals surface area contributed by atoms with Crippen LogP contribution in [0, 0.1) is 12.8 Å². The van der Waals surface area contributed by atoms with Crippen LogP contribution in [0.4, 0.5) is 0 Å². The van der Waals surface area contributed by atoms with Gasteiger partial charge in [0.05, 0.1) is 17.3 Å². The molecule has 3 rings (SSSR count). The molecule has 1 aromatic heterocycles. The minimum absolute atomic E-state index is 0.0641. The number of aryl methyl sites for hydroxylation is 1. The molecule has 1 aromatic rings. The average molecular weight is 301 g/mol. The van der Waals surface area contributed by atoms with Gasteiger partial charge in [-0.2, -0.15) is 0 Å². The molecule has 4 nitrogen and oxygen atoms in total. The number of likely N-dealkylation sites (tertiary alicyclic amines) is 1. The SMILES string of the molecule is Cc1cccc([C@H](NC(=O)C(C)(C)N2CCCC2)C2CC2)n1. The summed E-state index contributed by atoms with van der Waals surface area (Å²) in [6.45, 7) is 8.14. The fourth-order valence-corrected chi connectivity index (χ4v) is 3.34. The van der Waals surface area contributed by atoms with Gasteiger partial charge in [-0.25, -0.2) is 0 Å². The first-order valence-corrected chi connectivity index (χ1v) is 8.48. The van der Waals surface area contributed by atoms with Gasteiger partial charge < -0.3 is 5.32 Å². The van der Waals surface area contributed by atoms with Crippen LogP contribution in [0.15, 0.2) is 18.2 Å². The monoisotopic (exact) mass is 301 g/mol. The molecule has 4 heteroatoms. The summed E-state index contributed by atoms with van der Waals surface area (Å²) in [6.07, 6.45) is 4.76. The highest BCUT2D eigenvalue weighted by Crippen LogP contribution is 2.41. The average Bonchev–Trinajstić information content (AvgIpc) is 3.16. The van der Waals surface area contributed by atoms with Gasteiger partial charge in [0.25, 0.3) is 0 Å². The fourth-order valence-electron chi connectivity index (χ4n) is 3.34. The highest BCUT2D eigenvalue weighted by atomic mass is 16.2. The van der Waals surface area contributed by atoms with Crippen molar-refractivity contribution in [2.75, 3.05) is 13.1 Å². The molecule has 1 saturated heterocycles. The third kappa shape index (κ3) is 3.17. The van der Waals surface area contributed by atoms with Gasteiger partial charge in [-0.15, -0.1) is 0 Å². The number of pyridine rings is 1. The molecule has 1 N–H and O–H groups in total. The summed E-state index contributed by atoms with van der Waals surface area (Å²) in [4.78, 5) is 19.8. The van der Waals surface area contributed by atoms with E-state index in [1.165, 1.54) is 25.7 Å². The standard InChI is InChI=1S/C18H27N3O/c1-13-7-6-8-15(19-13)16(14-9-10-14)20-17(22)18(2,3)21-11-4-5-12-21/h6-8,14,16H,4-5,9-12H2,1-3H3,(H,20,22)/t16-/m1/s1. The molecular formula is C18H27N3O. The first kappa shape index (κ1) is 15.5. The molecule has 0 bridgehead atoms. The molecule has 2 aliphatic rings. The molecule has 1 aliphatic carbocycles. The van der Waals surface area contributed by atoms with E-state index in [1.54, 1.807) is 0 Å². The van der Waals surface area contributed by atoms with E-state index < -0.39 is 5.54 Å². The van der Waals surface area contributed by atoms with Crippen molar-refractivity contribution in [2.45, 2.75) is 58.0 Å². The van der Waals surface area contributed by atoms with Gasteiger partial charge in [-0.05, 0) is 77.6 Å². The number of nitrogens with zero attached hydrogens (tertiary/aromatic N) is 2. The lowest BCUT2D eigenvalue weighted by atomic mass is 9.99. The number of carbonyl (C=O) groups is 1. The van der Waals surface area contributed by atoms with Crippen LogP contribution in [0.3, 0.4) is 0 Å². The molecule has 0 aromatic carbocycles. The summed E-state index contributed by atoms with van der Waals surface area (Å²) >= 11 is 0. The summed E-state index contributed by atoms with van der Waals surface area (Å²) < 4.78 is 0. The second-order valence-electron chi connectivity index (χ2n) is 7.25. The van der Waals surface area contributed by atoms with Crippen molar-refractivity contribution in [3.8, 4) is 0 Å². The second kappa shape index (κ2) is 5.99. The van der Waals surface area contributed by atoms with Crippen LogP contribution in [-0.4, -0.2) is 34.4 Å². The maximum atomic E-state index is 12.9. The highest BCUT2D eigenvalue weighted by Gasteiger charge is 2.40. The molecule has 22 heavy (non-hydrogen) atoms. The van der Waals surface area contributed by atoms with E-state index in [0.29, 0.717) is 5.92 Å². The maximum absolute atomic E-state index is 12.9. The zero-order valence-corrected chi connectivity index (χ0v) is 13.9. The largest absolute Gasteiger partial charge is 0.346 e. The molecular weight excluding hydrogens is 274 g/mol. The Labute approximate surface area is 133 Å². The van der Waals surface area contributed by atoms with Crippen LogP contribution in [0.25, 0.3) is 0 Å². The topological polar surface area (TPSA) is 45.2 Å². The number of amides is 1. The summed E-state index contributed by atoms with van der Waals surface area (Å²) in [5.41, 5.74) is 1.58. The molecule has 0 spiro atoms. The van der Waals surface area contributed by atoms with Crippen molar-refractivity contribution in [3.05, 3.63) is 29.6 Å². The molecule has 1 aliphatic heterocycles. The lowest BCUT2D eigenvalue weighted by Crippen LogP contribution is -2.54. The van der Waals surface area contributed by atoms with E-state index in [9.17, 15) is 4.79 Å². The van der Waals surface area contributed by atoms with Gasteiger partial charge >= 0.3 is 0 Å². The Hall–Kier alpha value is -1.42. The van der Waals surface area contributed by atoms with Crippen LogP contribution in [0.2, 0.25) is 0 Å². The number of hydrogen-bond acceptors (Lipinski definition) is 3. The number of hydrogen-bond donors (Lipinski definition) is 1. The third-order valence-corrected chi connectivity index (χ3v) is 5.06. The van der Waals surface area contributed by atoms with E-state index >= 15 is 0 Å². The summed E-state index contributed by atoms with van der Waals surface area (Å²) in [7, 11) is 0. The second-order valence-corrected chi connectivity index (χ2v) is 7.25. The minimum Gasteiger partial charge on any atom is -0.346 e. The van der Waals surface area contributed by atoms with Crippen molar-refractivity contribution in [2.24, 2.45) is 5.92 Å². The van der Waals surface area contributed by atoms with Crippen LogP contribution in [0.1, 0.15) is 57.0 Å². The molecule has 0 unspecified atom stereocenters. The van der Waals surface area contributed by atoms with Gasteiger partial charge in [0.2, 0.25) is 5.91 Å².